The van der Waals surface area contributed by atoms with Gasteiger partial charge in [-0.25, -0.2) is 8.42 Å². The van der Waals surface area contributed by atoms with Crippen LogP contribution in [0.5, 0.6) is 0 Å². The minimum atomic E-state index is -3.81. The van der Waals surface area contributed by atoms with Gasteiger partial charge >= 0.3 is 0 Å². The van der Waals surface area contributed by atoms with Gasteiger partial charge in [-0.15, -0.1) is 0 Å². The number of nitrogens with zero attached hydrogens (tertiary/aromatic N) is 2. The third-order valence-electron chi connectivity index (χ3n) is 3.39. The summed E-state index contributed by atoms with van der Waals surface area (Å²) in [5.74, 6) is 1.32. The van der Waals surface area contributed by atoms with Gasteiger partial charge in [-0.1, -0.05) is 5.16 Å². The third-order valence-corrected chi connectivity index (χ3v) is 5.43. The summed E-state index contributed by atoms with van der Waals surface area (Å²) in [6.07, 6.45) is 3.01. The van der Waals surface area contributed by atoms with E-state index in [0.717, 1.165) is 0 Å². The molecule has 0 amide bonds. The van der Waals surface area contributed by atoms with E-state index in [1.54, 1.807) is 38.1 Å². The maximum atomic E-state index is 13.0. The molecule has 0 radical (unpaired) electrons. The summed E-state index contributed by atoms with van der Waals surface area (Å²) in [6, 6.07) is 6.86. The van der Waals surface area contributed by atoms with Crippen molar-refractivity contribution in [2.45, 2.75) is 31.8 Å². The molecule has 7 nitrogen and oxygen atoms in total. The van der Waals surface area contributed by atoms with Crippen molar-refractivity contribution in [3.8, 4) is 0 Å². The standard InChI is InChI=1S/C15H16N2O5S/c1-11-15(12(2)22-16-11)23(18,19)17(9-13-5-3-7-20-13)10-14-6-4-8-21-14/h3-8H,9-10H2,1-2H3. The van der Waals surface area contributed by atoms with Crippen LogP contribution in [0.15, 0.2) is 55.0 Å². The van der Waals surface area contributed by atoms with Gasteiger partial charge < -0.3 is 13.4 Å². The van der Waals surface area contributed by atoms with Crippen molar-refractivity contribution in [2.75, 3.05) is 0 Å². The molecule has 0 aliphatic carbocycles. The number of hydrogen-bond donors (Lipinski definition) is 0. The van der Waals surface area contributed by atoms with E-state index >= 15 is 0 Å². The third kappa shape index (κ3) is 3.08. The lowest BCUT2D eigenvalue weighted by atomic mass is 10.4. The van der Waals surface area contributed by atoms with Crippen LogP contribution in [0.2, 0.25) is 0 Å². The lowest BCUT2D eigenvalue weighted by molar-refractivity contribution is 0.329. The van der Waals surface area contributed by atoms with Crippen molar-refractivity contribution in [1.82, 2.24) is 9.46 Å². The largest absolute Gasteiger partial charge is 0.468 e. The quantitative estimate of drug-likeness (QED) is 0.687. The van der Waals surface area contributed by atoms with Gasteiger partial charge in [0.15, 0.2) is 5.76 Å². The highest BCUT2D eigenvalue weighted by atomic mass is 32.2. The van der Waals surface area contributed by atoms with Gasteiger partial charge in [-0.2, -0.15) is 4.31 Å². The van der Waals surface area contributed by atoms with E-state index in [1.807, 2.05) is 0 Å². The number of aryl methyl sites for hydroxylation is 2. The highest BCUT2D eigenvalue weighted by Gasteiger charge is 2.32. The fourth-order valence-electron chi connectivity index (χ4n) is 2.35. The summed E-state index contributed by atoms with van der Waals surface area (Å²) in [5.41, 5.74) is 0.325. The van der Waals surface area contributed by atoms with E-state index in [-0.39, 0.29) is 23.7 Å². The Hall–Kier alpha value is -2.32. The van der Waals surface area contributed by atoms with Gasteiger partial charge in [0.05, 0.1) is 25.6 Å². The lowest BCUT2D eigenvalue weighted by Gasteiger charge is -2.20. The smallest absolute Gasteiger partial charge is 0.249 e. The summed E-state index contributed by atoms with van der Waals surface area (Å²) in [6.45, 7) is 3.34. The topological polar surface area (TPSA) is 89.7 Å². The van der Waals surface area contributed by atoms with E-state index in [2.05, 4.69) is 5.16 Å². The van der Waals surface area contributed by atoms with Gasteiger partial charge in [0, 0.05) is 0 Å². The second kappa shape index (κ2) is 6.05. The van der Waals surface area contributed by atoms with Crippen LogP contribution in [-0.2, 0) is 23.1 Å². The molecule has 0 N–H and O–H groups in total. The number of hydrogen-bond acceptors (Lipinski definition) is 6. The Morgan fingerprint density at radius 3 is 2.00 bits per heavy atom. The molecule has 0 saturated heterocycles. The summed E-state index contributed by atoms with van der Waals surface area (Å²) >= 11 is 0. The van der Waals surface area contributed by atoms with Gasteiger partial charge in [0.25, 0.3) is 0 Å². The average molecular weight is 336 g/mol. The van der Waals surface area contributed by atoms with Crippen molar-refractivity contribution in [3.05, 3.63) is 59.8 Å². The normalized spacial score (nSPS) is 12.1. The second-order valence-electron chi connectivity index (χ2n) is 5.09. The molecular formula is C15H16N2O5S. The zero-order valence-electron chi connectivity index (χ0n) is 12.7. The number of sulfonamides is 1. The Labute approximate surface area is 133 Å². The van der Waals surface area contributed by atoms with Crippen molar-refractivity contribution < 1.29 is 21.8 Å². The molecule has 0 aromatic carbocycles. The van der Waals surface area contributed by atoms with Crippen LogP contribution in [0.3, 0.4) is 0 Å². The predicted molar refractivity (Wildman–Crippen MR) is 79.8 cm³/mol. The average Bonchev–Trinajstić information content (AvgIpc) is 3.21. The summed E-state index contributed by atoms with van der Waals surface area (Å²) in [7, 11) is -3.81. The van der Waals surface area contributed by atoms with Crippen LogP contribution in [0.1, 0.15) is 23.0 Å². The molecule has 8 heteroatoms. The Balaban J connectivity index is 1.99. The van der Waals surface area contributed by atoms with Crippen LogP contribution in [-0.4, -0.2) is 17.9 Å². The first-order valence-corrected chi connectivity index (χ1v) is 8.40. The molecule has 0 aliphatic heterocycles. The molecule has 3 aromatic rings. The van der Waals surface area contributed by atoms with Gasteiger partial charge in [-0.3, -0.25) is 0 Å². The fourth-order valence-corrected chi connectivity index (χ4v) is 4.01. The van der Waals surface area contributed by atoms with E-state index in [1.165, 1.54) is 16.8 Å². The van der Waals surface area contributed by atoms with Crippen LogP contribution >= 0.6 is 0 Å². The summed E-state index contributed by atoms with van der Waals surface area (Å²) in [5, 5.41) is 3.73. The maximum absolute atomic E-state index is 13.0. The van der Waals surface area contributed by atoms with Crippen LogP contribution < -0.4 is 0 Å². The minimum Gasteiger partial charge on any atom is -0.468 e. The zero-order valence-corrected chi connectivity index (χ0v) is 13.5. The molecule has 0 aliphatic rings. The van der Waals surface area contributed by atoms with Crippen molar-refractivity contribution in [2.24, 2.45) is 0 Å². The monoisotopic (exact) mass is 336 g/mol. The Morgan fingerprint density at radius 2 is 1.61 bits per heavy atom. The minimum absolute atomic E-state index is 0.0793. The van der Waals surface area contributed by atoms with E-state index in [4.69, 9.17) is 13.4 Å². The first-order valence-electron chi connectivity index (χ1n) is 6.96. The van der Waals surface area contributed by atoms with Crippen LogP contribution in [0, 0.1) is 13.8 Å². The van der Waals surface area contributed by atoms with E-state index in [0.29, 0.717) is 17.2 Å². The van der Waals surface area contributed by atoms with Crippen molar-refractivity contribution in [1.29, 1.82) is 0 Å². The molecule has 0 fully saturated rings. The molecule has 23 heavy (non-hydrogen) atoms. The van der Waals surface area contributed by atoms with Crippen LogP contribution in [0.25, 0.3) is 0 Å². The van der Waals surface area contributed by atoms with Gasteiger partial charge in [0.2, 0.25) is 10.0 Å². The van der Waals surface area contributed by atoms with Gasteiger partial charge in [-0.05, 0) is 38.1 Å². The molecule has 0 saturated carbocycles. The molecule has 3 rings (SSSR count). The number of aromatic nitrogens is 1. The SMILES string of the molecule is Cc1noc(C)c1S(=O)(=O)N(Cc1ccco1)Cc1ccco1. The lowest BCUT2D eigenvalue weighted by Crippen LogP contribution is -2.30. The van der Waals surface area contributed by atoms with Gasteiger partial charge in [0.1, 0.15) is 22.1 Å². The Morgan fingerprint density at radius 1 is 1.04 bits per heavy atom. The molecule has 0 spiro atoms. The zero-order chi connectivity index (χ0) is 16.4. The Bertz CT molecular complexity index is 808. The molecule has 0 unspecified atom stereocenters. The molecular weight excluding hydrogens is 320 g/mol. The molecule has 3 aromatic heterocycles. The predicted octanol–water partition coefficient (Wildman–Crippen LogP) is 2.87. The maximum Gasteiger partial charge on any atom is 0.249 e. The fraction of sp³-hybridized carbons (Fsp3) is 0.267. The first kappa shape index (κ1) is 15.6. The van der Waals surface area contributed by atoms with Crippen molar-refractivity contribution >= 4 is 10.0 Å². The molecule has 0 atom stereocenters. The molecule has 0 bridgehead atoms. The number of furan rings is 2. The first-order chi connectivity index (χ1) is 11.0. The van der Waals surface area contributed by atoms with E-state index in [9.17, 15) is 8.42 Å². The highest BCUT2D eigenvalue weighted by molar-refractivity contribution is 7.89. The number of rotatable bonds is 6. The second-order valence-corrected chi connectivity index (χ2v) is 6.96. The van der Waals surface area contributed by atoms with Crippen molar-refractivity contribution in [3.63, 3.8) is 0 Å². The highest BCUT2D eigenvalue weighted by Crippen LogP contribution is 2.26. The summed E-state index contributed by atoms with van der Waals surface area (Å²) in [4.78, 5) is 0.0793. The summed E-state index contributed by atoms with van der Waals surface area (Å²) < 4.78 is 42.9. The molecule has 122 valence electrons. The van der Waals surface area contributed by atoms with E-state index < -0.39 is 10.0 Å². The Kier molecular flexibility index (Phi) is 4.10. The molecule has 3 heterocycles. The van der Waals surface area contributed by atoms with Crippen LogP contribution in [0.4, 0.5) is 0 Å².